The number of esters is 1. The molecule has 0 radical (unpaired) electrons. The number of nitrogens with zero attached hydrogens (tertiary/aromatic N) is 1. The fraction of sp³-hybridized carbons (Fsp3) is 0.182. The van der Waals surface area contributed by atoms with Gasteiger partial charge in [0.2, 0.25) is 0 Å². The van der Waals surface area contributed by atoms with Gasteiger partial charge in [-0.2, -0.15) is 0 Å². The largest absolute Gasteiger partial charge is 0.468 e. The Balaban J connectivity index is 2.16. The third-order valence-corrected chi connectivity index (χ3v) is 3.20. The Morgan fingerprint density at radius 1 is 1.56 bits per heavy atom. The molecule has 2 amide bonds. The molecule has 1 saturated heterocycles. The van der Waals surface area contributed by atoms with E-state index >= 15 is 0 Å². The molecule has 6 nitrogen and oxygen atoms in total. The highest BCUT2D eigenvalue weighted by molar-refractivity contribution is 8.18. The summed E-state index contributed by atoms with van der Waals surface area (Å²) in [6.45, 7) is -0.358. The molecule has 0 atom stereocenters. The minimum absolute atomic E-state index is 0.284. The summed E-state index contributed by atoms with van der Waals surface area (Å²) in [4.78, 5) is 38.6. The number of hydrogen-bond acceptors (Lipinski definition) is 5. The first-order valence-corrected chi connectivity index (χ1v) is 5.89. The molecule has 18 heavy (non-hydrogen) atoms. The maximum absolute atomic E-state index is 11.9. The highest BCUT2D eigenvalue weighted by Gasteiger charge is 2.36. The molecule has 0 spiro atoms. The number of hydrogen-bond donors (Lipinski definition) is 1. The molecule has 0 unspecified atom stereocenters. The van der Waals surface area contributed by atoms with E-state index in [1.807, 2.05) is 0 Å². The minimum Gasteiger partial charge on any atom is -0.468 e. The quantitative estimate of drug-likeness (QED) is 0.657. The van der Waals surface area contributed by atoms with Gasteiger partial charge in [0.05, 0.1) is 12.0 Å². The summed E-state index contributed by atoms with van der Waals surface area (Å²) in [5, 5.41) is -0.469. The number of carbonyl (C=O) groups is 3. The monoisotopic (exact) mass is 266 g/mol. The van der Waals surface area contributed by atoms with Crippen LogP contribution in [0.15, 0.2) is 23.2 Å². The number of imide groups is 1. The van der Waals surface area contributed by atoms with E-state index in [1.54, 1.807) is 24.4 Å². The van der Waals surface area contributed by atoms with Crippen LogP contribution in [0, 0.1) is 0 Å². The van der Waals surface area contributed by atoms with E-state index in [9.17, 15) is 14.4 Å². The van der Waals surface area contributed by atoms with Gasteiger partial charge in [-0.25, -0.2) is 0 Å². The highest BCUT2D eigenvalue weighted by Crippen LogP contribution is 2.31. The summed E-state index contributed by atoms with van der Waals surface area (Å²) in [6, 6.07) is 3.55. The first-order valence-electron chi connectivity index (χ1n) is 5.07. The summed E-state index contributed by atoms with van der Waals surface area (Å²) < 4.78 is 4.43. The number of rotatable bonds is 3. The molecule has 0 saturated carbocycles. The zero-order chi connectivity index (χ0) is 13.1. The third kappa shape index (κ3) is 2.45. The normalized spacial score (nSPS) is 17.6. The number of ether oxygens (including phenoxy) is 1. The fourth-order valence-electron chi connectivity index (χ4n) is 1.41. The lowest BCUT2D eigenvalue weighted by Gasteiger charge is -2.09. The van der Waals surface area contributed by atoms with Crippen LogP contribution in [0.2, 0.25) is 0 Å². The summed E-state index contributed by atoms with van der Waals surface area (Å²) in [5.74, 6) is -1.11. The van der Waals surface area contributed by atoms with Gasteiger partial charge in [0.1, 0.15) is 6.54 Å². The van der Waals surface area contributed by atoms with Crippen LogP contribution in [0.4, 0.5) is 4.79 Å². The third-order valence-electron chi connectivity index (χ3n) is 2.30. The number of amides is 2. The highest BCUT2D eigenvalue weighted by atomic mass is 32.2. The Hall–Kier alpha value is -2.02. The first kappa shape index (κ1) is 12.4. The zero-order valence-corrected chi connectivity index (χ0v) is 10.3. The van der Waals surface area contributed by atoms with Gasteiger partial charge >= 0.3 is 5.97 Å². The molecule has 2 heterocycles. The summed E-state index contributed by atoms with van der Waals surface area (Å²) in [7, 11) is 1.20. The molecule has 1 aromatic heterocycles. The van der Waals surface area contributed by atoms with Crippen LogP contribution in [0.3, 0.4) is 0 Å². The first-order chi connectivity index (χ1) is 8.61. The van der Waals surface area contributed by atoms with E-state index in [2.05, 4.69) is 9.72 Å². The van der Waals surface area contributed by atoms with Crippen molar-refractivity contribution >= 4 is 35.0 Å². The average molecular weight is 266 g/mol. The second kappa shape index (κ2) is 5.09. The maximum atomic E-state index is 11.9. The second-order valence-electron chi connectivity index (χ2n) is 3.47. The van der Waals surface area contributed by atoms with Crippen molar-refractivity contribution < 1.29 is 19.1 Å². The van der Waals surface area contributed by atoms with Crippen molar-refractivity contribution in [1.29, 1.82) is 0 Å². The molecule has 1 fully saturated rings. The van der Waals surface area contributed by atoms with E-state index in [0.717, 1.165) is 22.4 Å². The average Bonchev–Trinajstić information content (AvgIpc) is 2.94. The van der Waals surface area contributed by atoms with E-state index in [4.69, 9.17) is 0 Å². The van der Waals surface area contributed by atoms with Gasteiger partial charge < -0.3 is 9.72 Å². The molecule has 1 aliphatic heterocycles. The molecule has 7 heteroatoms. The molecular weight excluding hydrogens is 256 g/mol. The molecule has 1 aromatic rings. The van der Waals surface area contributed by atoms with Crippen LogP contribution in [-0.2, 0) is 14.3 Å². The number of methoxy groups -OCH3 is 1. The Bertz CT molecular complexity index is 521. The number of nitrogens with one attached hydrogen (secondary N) is 1. The van der Waals surface area contributed by atoms with E-state index in [1.165, 1.54) is 7.11 Å². The number of carbonyl (C=O) groups excluding carboxylic acids is 3. The number of aromatic amines is 1. The minimum atomic E-state index is -0.626. The molecule has 0 aliphatic carbocycles. The van der Waals surface area contributed by atoms with E-state index < -0.39 is 17.1 Å². The van der Waals surface area contributed by atoms with Gasteiger partial charge in [0.15, 0.2) is 0 Å². The van der Waals surface area contributed by atoms with Gasteiger partial charge in [-0.15, -0.1) is 0 Å². The van der Waals surface area contributed by atoms with Crippen molar-refractivity contribution in [2.75, 3.05) is 13.7 Å². The Morgan fingerprint density at radius 3 is 2.94 bits per heavy atom. The Kier molecular flexibility index (Phi) is 3.52. The summed E-state index contributed by atoms with van der Waals surface area (Å²) in [6.07, 6.45) is 3.28. The SMILES string of the molecule is COC(=O)CN1C(=O)S/C(=C/c2ccc[nH]2)C1=O. The van der Waals surface area contributed by atoms with Crippen LogP contribution < -0.4 is 0 Å². The second-order valence-corrected chi connectivity index (χ2v) is 4.46. The molecule has 0 bridgehead atoms. The van der Waals surface area contributed by atoms with Gasteiger partial charge in [-0.3, -0.25) is 19.3 Å². The van der Waals surface area contributed by atoms with Crippen LogP contribution in [0.25, 0.3) is 6.08 Å². The number of aromatic nitrogens is 1. The van der Waals surface area contributed by atoms with Crippen molar-refractivity contribution in [2.45, 2.75) is 0 Å². The summed E-state index contributed by atoms with van der Waals surface area (Å²) >= 11 is 0.803. The lowest BCUT2D eigenvalue weighted by molar-refractivity contribution is -0.143. The lowest BCUT2D eigenvalue weighted by Crippen LogP contribution is -2.34. The van der Waals surface area contributed by atoms with E-state index in [0.29, 0.717) is 0 Å². The molecule has 94 valence electrons. The predicted octanol–water partition coefficient (Wildman–Crippen LogP) is 1.22. The Morgan fingerprint density at radius 2 is 2.33 bits per heavy atom. The number of thioether (sulfide) groups is 1. The molecule has 0 aromatic carbocycles. The lowest BCUT2D eigenvalue weighted by atomic mass is 10.3. The molecule has 1 aliphatic rings. The van der Waals surface area contributed by atoms with Gasteiger partial charge in [0.25, 0.3) is 11.1 Å². The van der Waals surface area contributed by atoms with Crippen LogP contribution in [0.1, 0.15) is 5.69 Å². The molecular formula is C11H10N2O4S. The summed E-state index contributed by atoms with van der Waals surface area (Å²) in [5.41, 5.74) is 0.721. The van der Waals surface area contributed by atoms with Gasteiger partial charge in [0, 0.05) is 11.9 Å². The van der Waals surface area contributed by atoms with Crippen LogP contribution >= 0.6 is 11.8 Å². The van der Waals surface area contributed by atoms with Gasteiger partial charge in [-0.1, -0.05) is 0 Å². The standard InChI is InChI=1S/C11H10N2O4S/c1-17-9(14)6-13-10(15)8(18-11(13)16)5-7-3-2-4-12-7/h2-5,12H,6H2,1H3/b8-5+. The van der Waals surface area contributed by atoms with Crippen molar-refractivity contribution in [2.24, 2.45) is 0 Å². The smallest absolute Gasteiger partial charge is 0.325 e. The maximum Gasteiger partial charge on any atom is 0.325 e. The van der Waals surface area contributed by atoms with Gasteiger partial charge in [-0.05, 0) is 30.0 Å². The van der Waals surface area contributed by atoms with Crippen molar-refractivity contribution in [1.82, 2.24) is 9.88 Å². The molecule has 1 N–H and O–H groups in total. The van der Waals surface area contributed by atoms with Crippen molar-refractivity contribution in [3.63, 3.8) is 0 Å². The fourth-order valence-corrected chi connectivity index (χ4v) is 2.23. The number of H-pyrrole nitrogens is 1. The Labute approximate surface area is 107 Å². The topological polar surface area (TPSA) is 79.5 Å². The van der Waals surface area contributed by atoms with Crippen LogP contribution in [0.5, 0.6) is 0 Å². The van der Waals surface area contributed by atoms with Crippen molar-refractivity contribution in [3.8, 4) is 0 Å². The van der Waals surface area contributed by atoms with E-state index in [-0.39, 0.29) is 11.4 Å². The predicted molar refractivity (Wildman–Crippen MR) is 65.5 cm³/mol. The van der Waals surface area contributed by atoms with Crippen LogP contribution in [-0.4, -0.2) is 40.7 Å². The van der Waals surface area contributed by atoms with Crippen molar-refractivity contribution in [3.05, 3.63) is 28.9 Å². The molecule has 2 rings (SSSR count). The zero-order valence-electron chi connectivity index (χ0n) is 9.50.